The van der Waals surface area contributed by atoms with Gasteiger partial charge in [-0.05, 0) is 47.5 Å². The van der Waals surface area contributed by atoms with Crippen molar-refractivity contribution in [3.8, 4) is 0 Å². The minimum absolute atomic E-state index is 0.0282. The topological polar surface area (TPSA) is 102 Å². The molecule has 0 fully saturated rings. The van der Waals surface area contributed by atoms with E-state index in [-0.39, 0.29) is 26.4 Å². The highest BCUT2D eigenvalue weighted by atomic mass is 32.2. The number of rotatable bonds is 16. The molecule has 0 spiro atoms. The van der Waals surface area contributed by atoms with Gasteiger partial charge in [0.25, 0.3) is 0 Å². The molecular formula is C35H36O7S. The molecule has 224 valence electrons. The van der Waals surface area contributed by atoms with Gasteiger partial charge >= 0.3 is 0 Å². The number of ether oxygens (including phenoxy) is 3. The van der Waals surface area contributed by atoms with Crippen LogP contribution in [0.4, 0.5) is 0 Å². The zero-order valence-corrected chi connectivity index (χ0v) is 24.8. The van der Waals surface area contributed by atoms with Gasteiger partial charge in [-0.15, -0.1) is 0 Å². The quantitative estimate of drug-likeness (QED) is 0.131. The number of aliphatic hydroxyl groups excluding tert-OH is 1. The Morgan fingerprint density at radius 2 is 1.14 bits per heavy atom. The van der Waals surface area contributed by atoms with Crippen molar-refractivity contribution in [1.29, 1.82) is 0 Å². The molecule has 0 aliphatic heterocycles. The van der Waals surface area contributed by atoms with Crippen LogP contribution in [-0.4, -0.2) is 51.6 Å². The lowest BCUT2D eigenvalue weighted by molar-refractivity contribution is -0.203. The lowest BCUT2D eigenvalue weighted by Crippen LogP contribution is -2.62. The van der Waals surface area contributed by atoms with Gasteiger partial charge in [-0.2, -0.15) is 0 Å². The molecule has 4 atom stereocenters. The van der Waals surface area contributed by atoms with E-state index in [4.69, 9.17) is 14.2 Å². The summed E-state index contributed by atoms with van der Waals surface area (Å²) in [5.41, 5.74) is -0.207. The number of carbonyl (C=O) groups excluding carboxylic acids is 2. The number of aliphatic hydroxyl groups is 2. The van der Waals surface area contributed by atoms with Crippen LogP contribution in [0, 0.1) is 0 Å². The molecule has 0 radical (unpaired) electrons. The summed E-state index contributed by atoms with van der Waals surface area (Å²) in [4.78, 5) is 27.5. The normalized spacial score (nSPS) is 14.8. The van der Waals surface area contributed by atoms with E-state index in [0.29, 0.717) is 4.90 Å². The number of Topliss-reactive ketones (excluding diaryl/α,β-unsaturated/α-hetero) is 1. The largest absolute Gasteiger partial charge is 0.388 e. The van der Waals surface area contributed by atoms with Crippen molar-refractivity contribution in [2.24, 2.45) is 0 Å². The third kappa shape index (κ3) is 9.18. The monoisotopic (exact) mass is 600 g/mol. The second-order valence-corrected chi connectivity index (χ2v) is 11.1. The molecule has 0 aliphatic rings. The van der Waals surface area contributed by atoms with E-state index in [1.807, 2.05) is 91.0 Å². The van der Waals surface area contributed by atoms with Crippen molar-refractivity contribution >= 4 is 22.7 Å². The summed E-state index contributed by atoms with van der Waals surface area (Å²) < 4.78 is 18.2. The minimum atomic E-state index is -2.66. The maximum atomic E-state index is 13.8. The first-order valence-corrected chi connectivity index (χ1v) is 14.8. The molecule has 0 aromatic heterocycles. The Morgan fingerprint density at radius 3 is 1.63 bits per heavy atom. The van der Waals surface area contributed by atoms with Crippen molar-refractivity contribution in [3.05, 3.63) is 138 Å². The van der Waals surface area contributed by atoms with Crippen molar-refractivity contribution in [1.82, 2.24) is 0 Å². The lowest BCUT2D eigenvalue weighted by atomic mass is 9.87. The fraction of sp³-hybridized carbons (Fsp3) is 0.257. The van der Waals surface area contributed by atoms with Gasteiger partial charge in [0.2, 0.25) is 10.7 Å². The lowest BCUT2D eigenvalue weighted by Gasteiger charge is -2.39. The van der Waals surface area contributed by atoms with Crippen LogP contribution in [-0.2, 0) is 43.6 Å². The molecule has 0 saturated carbocycles. The summed E-state index contributed by atoms with van der Waals surface area (Å²) in [6, 6.07) is 36.6. The van der Waals surface area contributed by atoms with E-state index in [2.05, 4.69) is 0 Å². The number of hydrogen-bond acceptors (Lipinski definition) is 8. The Hall–Kier alpha value is -3.63. The Bertz CT molecular complexity index is 1400. The van der Waals surface area contributed by atoms with Crippen LogP contribution in [0.2, 0.25) is 0 Å². The maximum Gasteiger partial charge on any atom is 0.235 e. The summed E-state index contributed by atoms with van der Waals surface area (Å²) in [6.07, 6.45) is -4.27. The van der Waals surface area contributed by atoms with Crippen LogP contribution in [0.5, 0.6) is 0 Å². The standard InChI is InChI=1S/C35H36O7S/c1-26(36)35(39,34(38)43-30-20-12-5-13-21-30)33(42-24-29-18-10-4-11-19-29)32(41-23-28-16-8-3-9-17-28)31(37)25-40-22-27-14-6-2-7-15-27/h2-21,31-33,37,39H,22-25H2,1H3/t31-,32-,33+,35-/m1/s1. The summed E-state index contributed by atoms with van der Waals surface area (Å²) >= 11 is 0.729. The van der Waals surface area contributed by atoms with Gasteiger partial charge in [-0.3, -0.25) is 9.59 Å². The van der Waals surface area contributed by atoms with Crippen molar-refractivity contribution in [2.75, 3.05) is 6.61 Å². The van der Waals surface area contributed by atoms with Crippen LogP contribution in [0.3, 0.4) is 0 Å². The zero-order valence-electron chi connectivity index (χ0n) is 24.0. The Labute approximate surface area is 256 Å². The number of hydrogen-bond donors (Lipinski definition) is 2. The molecule has 0 amide bonds. The predicted octanol–water partition coefficient (Wildman–Crippen LogP) is 5.37. The summed E-state index contributed by atoms with van der Waals surface area (Å²) in [7, 11) is 0. The fourth-order valence-corrected chi connectivity index (χ4v) is 5.40. The molecule has 0 heterocycles. The van der Waals surface area contributed by atoms with E-state index in [1.54, 1.807) is 30.3 Å². The van der Waals surface area contributed by atoms with Gasteiger partial charge in [0.15, 0.2) is 5.78 Å². The molecule has 0 unspecified atom stereocenters. The number of ketones is 1. The third-order valence-electron chi connectivity index (χ3n) is 6.85. The highest BCUT2D eigenvalue weighted by Crippen LogP contribution is 2.33. The Morgan fingerprint density at radius 1 is 0.698 bits per heavy atom. The predicted molar refractivity (Wildman–Crippen MR) is 165 cm³/mol. The van der Waals surface area contributed by atoms with Crippen LogP contribution >= 0.6 is 11.8 Å². The van der Waals surface area contributed by atoms with Crippen LogP contribution in [0.1, 0.15) is 23.6 Å². The van der Waals surface area contributed by atoms with E-state index >= 15 is 0 Å². The van der Waals surface area contributed by atoms with Crippen LogP contribution in [0.15, 0.2) is 126 Å². The second kappa shape index (κ2) is 16.3. The first-order chi connectivity index (χ1) is 20.9. The van der Waals surface area contributed by atoms with Crippen LogP contribution in [0.25, 0.3) is 0 Å². The molecule has 4 aromatic rings. The number of benzene rings is 4. The molecule has 7 nitrogen and oxygen atoms in total. The molecular weight excluding hydrogens is 564 g/mol. The van der Waals surface area contributed by atoms with Gasteiger partial charge in [0, 0.05) is 4.90 Å². The molecule has 2 N–H and O–H groups in total. The number of carbonyl (C=O) groups is 2. The average Bonchev–Trinajstić information content (AvgIpc) is 3.04. The third-order valence-corrected chi connectivity index (χ3v) is 7.85. The van der Waals surface area contributed by atoms with Gasteiger partial charge in [-0.1, -0.05) is 109 Å². The van der Waals surface area contributed by atoms with E-state index in [9.17, 15) is 19.8 Å². The number of thioether (sulfide) groups is 1. The van der Waals surface area contributed by atoms with Crippen molar-refractivity contribution < 1.29 is 34.0 Å². The molecule has 0 bridgehead atoms. The zero-order chi connectivity index (χ0) is 30.5. The van der Waals surface area contributed by atoms with E-state index in [1.165, 1.54) is 0 Å². The van der Waals surface area contributed by atoms with E-state index in [0.717, 1.165) is 35.4 Å². The molecule has 43 heavy (non-hydrogen) atoms. The second-order valence-electron chi connectivity index (χ2n) is 10.1. The molecule has 0 saturated heterocycles. The highest BCUT2D eigenvalue weighted by Gasteiger charge is 2.54. The summed E-state index contributed by atoms with van der Waals surface area (Å²) in [5, 5.41) is 22.6. The highest BCUT2D eigenvalue weighted by molar-refractivity contribution is 8.14. The molecule has 0 aliphatic carbocycles. The maximum absolute atomic E-state index is 13.8. The minimum Gasteiger partial charge on any atom is -0.388 e. The van der Waals surface area contributed by atoms with Gasteiger partial charge < -0.3 is 24.4 Å². The van der Waals surface area contributed by atoms with Gasteiger partial charge in [0.05, 0.1) is 26.4 Å². The summed E-state index contributed by atoms with van der Waals surface area (Å²) in [5.74, 6) is -0.829. The molecule has 4 rings (SSSR count). The van der Waals surface area contributed by atoms with Gasteiger partial charge in [0.1, 0.15) is 18.3 Å². The molecule has 4 aromatic carbocycles. The average molecular weight is 601 g/mol. The van der Waals surface area contributed by atoms with Crippen LogP contribution < -0.4 is 0 Å². The van der Waals surface area contributed by atoms with E-state index < -0.39 is 34.8 Å². The summed E-state index contributed by atoms with van der Waals surface area (Å²) in [6.45, 7) is 1.13. The fourth-order valence-electron chi connectivity index (χ4n) is 4.48. The molecule has 8 heteroatoms. The Balaban J connectivity index is 1.66. The first-order valence-electron chi connectivity index (χ1n) is 14.0. The smallest absolute Gasteiger partial charge is 0.235 e. The Kier molecular flexibility index (Phi) is 12.2. The van der Waals surface area contributed by atoms with Crippen molar-refractivity contribution in [3.63, 3.8) is 0 Å². The van der Waals surface area contributed by atoms with Gasteiger partial charge in [-0.25, -0.2) is 0 Å². The van der Waals surface area contributed by atoms with Crippen molar-refractivity contribution in [2.45, 2.75) is 55.6 Å². The SMILES string of the molecule is CC(=O)[C@](O)(C(=O)Sc1ccccc1)[C@@H](OCc1ccccc1)[C@H](OCc1ccccc1)[C@H](O)COCc1ccccc1. The first kappa shape index (κ1) is 32.3.